The van der Waals surface area contributed by atoms with Gasteiger partial charge < -0.3 is 9.47 Å². The van der Waals surface area contributed by atoms with E-state index in [-0.39, 0.29) is 11.6 Å². The maximum Gasteiger partial charge on any atom is 0.0729 e. The van der Waals surface area contributed by atoms with E-state index in [4.69, 9.17) is 15.3 Å². The van der Waals surface area contributed by atoms with Crippen LogP contribution in [0.1, 0.15) is 37.3 Å². The van der Waals surface area contributed by atoms with Crippen molar-refractivity contribution >= 4 is 15.9 Å². The van der Waals surface area contributed by atoms with E-state index in [1.807, 2.05) is 6.07 Å². The molecule has 2 unspecified atom stereocenters. The predicted molar refractivity (Wildman–Crippen MR) is 85.7 cm³/mol. The molecule has 2 saturated heterocycles. The molecule has 0 radical (unpaired) electrons. The number of nitrogens with one attached hydrogen (secondary N) is 1. The highest BCUT2D eigenvalue weighted by Gasteiger charge is 2.41. The third kappa shape index (κ3) is 3.48. The van der Waals surface area contributed by atoms with E-state index in [0.717, 1.165) is 50.0 Å². The first-order valence-corrected chi connectivity index (χ1v) is 8.45. The first-order valence-electron chi connectivity index (χ1n) is 7.66. The number of nitrogens with two attached hydrogens (primary N) is 1. The molecule has 2 heterocycles. The van der Waals surface area contributed by atoms with Gasteiger partial charge in [-0.15, -0.1) is 0 Å². The van der Waals surface area contributed by atoms with Crippen molar-refractivity contribution in [2.75, 3.05) is 19.8 Å². The van der Waals surface area contributed by atoms with Crippen molar-refractivity contribution in [3.8, 4) is 0 Å². The average Bonchev–Trinajstić information content (AvgIpc) is 2.49. The maximum absolute atomic E-state index is 6.13. The van der Waals surface area contributed by atoms with Crippen LogP contribution in [0.5, 0.6) is 0 Å². The van der Waals surface area contributed by atoms with Crippen molar-refractivity contribution in [3.63, 3.8) is 0 Å². The Hall–Kier alpha value is -0.460. The Morgan fingerprint density at radius 2 is 2.10 bits per heavy atom. The fraction of sp³-hybridized carbons (Fsp3) is 0.625. The van der Waals surface area contributed by atoms with Crippen molar-refractivity contribution < 1.29 is 9.47 Å². The summed E-state index contributed by atoms with van der Waals surface area (Å²) in [6, 6.07) is 8.57. The molecule has 0 amide bonds. The summed E-state index contributed by atoms with van der Waals surface area (Å²) in [6.45, 7) is 2.44. The minimum atomic E-state index is 0.00226. The number of hydrogen-bond acceptors (Lipinski definition) is 4. The molecule has 1 aromatic rings. The lowest BCUT2D eigenvalue weighted by Gasteiger charge is -2.45. The average molecular weight is 355 g/mol. The molecule has 3 N–H and O–H groups in total. The third-order valence-corrected chi connectivity index (χ3v) is 5.29. The van der Waals surface area contributed by atoms with Crippen LogP contribution < -0.4 is 11.3 Å². The highest BCUT2D eigenvalue weighted by molar-refractivity contribution is 9.10. The normalized spacial score (nSPS) is 26.7. The highest BCUT2D eigenvalue weighted by atomic mass is 79.9. The zero-order valence-electron chi connectivity index (χ0n) is 12.2. The van der Waals surface area contributed by atoms with Gasteiger partial charge in [0.2, 0.25) is 0 Å². The molecule has 0 aliphatic carbocycles. The Balaban J connectivity index is 1.77. The van der Waals surface area contributed by atoms with Crippen LogP contribution in [0, 0.1) is 5.92 Å². The molecular formula is C16H23BrN2O2. The zero-order chi connectivity index (χ0) is 14.7. The molecule has 5 heteroatoms. The Kier molecular flexibility index (Phi) is 4.96. The molecule has 1 spiro atoms. The highest BCUT2D eigenvalue weighted by Crippen LogP contribution is 2.41. The summed E-state index contributed by atoms with van der Waals surface area (Å²) in [5, 5.41) is 0. The van der Waals surface area contributed by atoms with Gasteiger partial charge >= 0.3 is 0 Å². The van der Waals surface area contributed by atoms with Crippen LogP contribution in [0.25, 0.3) is 0 Å². The zero-order valence-corrected chi connectivity index (χ0v) is 13.8. The van der Waals surface area contributed by atoms with Crippen LogP contribution >= 0.6 is 15.9 Å². The molecule has 4 nitrogen and oxygen atoms in total. The van der Waals surface area contributed by atoms with Crippen molar-refractivity contribution in [2.24, 2.45) is 11.8 Å². The van der Waals surface area contributed by atoms with Gasteiger partial charge in [-0.1, -0.05) is 28.1 Å². The molecule has 1 aromatic carbocycles. The van der Waals surface area contributed by atoms with E-state index in [1.54, 1.807) is 0 Å². The summed E-state index contributed by atoms with van der Waals surface area (Å²) in [7, 11) is 0. The van der Waals surface area contributed by atoms with Crippen LogP contribution in [0.15, 0.2) is 28.7 Å². The first-order chi connectivity index (χ1) is 10.2. The topological polar surface area (TPSA) is 56.5 Å². The molecule has 2 aliphatic rings. The largest absolute Gasteiger partial charge is 0.381 e. The minimum Gasteiger partial charge on any atom is -0.381 e. The molecular weight excluding hydrogens is 332 g/mol. The summed E-state index contributed by atoms with van der Waals surface area (Å²) >= 11 is 3.54. The van der Waals surface area contributed by atoms with Gasteiger partial charge in [0.1, 0.15) is 0 Å². The SMILES string of the molecule is NNC(c1cccc(Br)c1)C1CCOC2(CCOCC2)C1. The Bertz CT molecular complexity index is 472. The smallest absolute Gasteiger partial charge is 0.0729 e. The molecule has 2 fully saturated rings. The number of benzene rings is 1. The van der Waals surface area contributed by atoms with E-state index < -0.39 is 0 Å². The van der Waals surface area contributed by atoms with Crippen LogP contribution in [0.2, 0.25) is 0 Å². The number of halogens is 1. The second-order valence-electron chi connectivity index (χ2n) is 6.10. The third-order valence-electron chi connectivity index (χ3n) is 4.79. The van der Waals surface area contributed by atoms with E-state index in [1.165, 1.54) is 5.56 Å². The fourth-order valence-corrected chi connectivity index (χ4v) is 4.06. The molecule has 3 rings (SSSR count). The first kappa shape index (κ1) is 15.4. The number of hydrazine groups is 1. The Labute approximate surface area is 134 Å². The standard InChI is InChI=1S/C16H23BrN2O2/c17-14-3-1-2-12(10-14)15(19-18)13-4-7-21-16(11-13)5-8-20-9-6-16/h1-3,10,13,15,19H,4-9,11,18H2. The van der Waals surface area contributed by atoms with Gasteiger partial charge in [0.05, 0.1) is 5.60 Å². The number of rotatable bonds is 3. The van der Waals surface area contributed by atoms with Gasteiger partial charge in [-0.25, -0.2) is 0 Å². The van der Waals surface area contributed by atoms with Crippen molar-refractivity contribution in [1.82, 2.24) is 5.43 Å². The molecule has 116 valence electrons. The van der Waals surface area contributed by atoms with E-state index >= 15 is 0 Å². The molecule has 0 bridgehead atoms. The number of hydrogen-bond donors (Lipinski definition) is 2. The fourth-order valence-electron chi connectivity index (χ4n) is 3.65. The second kappa shape index (κ2) is 6.75. The summed E-state index contributed by atoms with van der Waals surface area (Å²) in [4.78, 5) is 0. The summed E-state index contributed by atoms with van der Waals surface area (Å²) in [5.74, 6) is 6.37. The predicted octanol–water partition coefficient (Wildman–Crippen LogP) is 2.93. The summed E-state index contributed by atoms with van der Waals surface area (Å²) in [6.07, 6.45) is 4.10. The lowest BCUT2D eigenvalue weighted by Crippen LogP contribution is -2.47. The summed E-state index contributed by atoms with van der Waals surface area (Å²) in [5.41, 5.74) is 4.27. The summed E-state index contributed by atoms with van der Waals surface area (Å²) < 4.78 is 12.7. The van der Waals surface area contributed by atoms with Crippen molar-refractivity contribution in [2.45, 2.75) is 37.3 Å². The van der Waals surface area contributed by atoms with Gasteiger partial charge in [-0.05, 0) is 49.3 Å². The van der Waals surface area contributed by atoms with Crippen LogP contribution in [-0.4, -0.2) is 25.4 Å². The van der Waals surface area contributed by atoms with Gasteiger partial charge in [-0.3, -0.25) is 11.3 Å². The Morgan fingerprint density at radius 1 is 1.29 bits per heavy atom. The van der Waals surface area contributed by atoms with Gasteiger partial charge in [-0.2, -0.15) is 0 Å². The lowest BCUT2D eigenvalue weighted by atomic mass is 9.76. The van der Waals surface area contributed by atoms with Gasteiger partial charge in [0.15, 0.2) is 0 Å². The Morgan fingerprint density at radius 3 is 2.81 bits per heavy atom. The molecule has 0 aromatic heterocycles. The van der Waals surface area contributed by atoms with Crippen LogP contribution in [0.4, 0.5) is 0 Å². The van der Waals surface area contributed by atoms with Crippen LogP contribution in [0.3, 0.4) is 0 Å². The monoisotopic (exact) mass is 354 g/mol. The molecule has 2 aliphatic heterocycles. The lowest BCUT2D eigenvalue weighted by molar-refractivity contribution is -0.150. The van der Waals surface area contributed by atoms with Gasteiger partial charge in [0.25, 0.3) is 0 Å². The van der Waals surface area contributed by atoms with Crippen molar-refractivity contribution in [1.29, 1.82) is 0 Å². The van der Waals surface area contributed by atoms with Crippen molar-refractivity contribution in [3.05, 3.63) is 34.3 Å². The maximum atomic E-state index is 6.13. The van der Waals surface area contributed by atoms with Gasteiger partial charge in [0, 0.05) is 30.3 Å². The van der Waals surface area contributed by atoms with E-state index in [2.05, 4.69) is 39.6 Å². The minimum absolute atomic E-state index is 0.00226. The van der Waals surface area contributed by atoms with Crippen LogP contribution in [-0.2, 0) is 9.47 Å². The van der Waals surface area contributed by atoms with E-state index in [9.17, 15) is 0 Å². The molecule has 0 saturated carbocycles. The quantitative estimate of drug-likeness (QED) is 0.647. The molecule has 21 heavy (non-hydrogen) atoms. The number of ether oxygens (including phenoxy) is 2. The van der Waals surface area contributed by atoms with E-state index in [0.29, 0.717) is 5.92 Å². The second-order valence-corrected chi connectivity index (χ2v) is 7.01. The molecule has 2 atom stereocenters.